The van der Waals surface area contributed by atoms with Crippen molar-refractivity contribution in [1.29, 1.82) is 0 Å². The van der Waals surface area contributed by atoms with Gasteiger partial charge in [0.05, 0.1) is 11.2 Å². The second kappa shape index (κ2) is 7.72. The molecule has 0 aliphatic heterocycles. The molecule has 10 heteroatoms. The van der Waals surface area contributed by atoms with Gasteiger partial charge in [0.25, 0.3) is 11.6 Å². The first-order chi connectivity index (χ1) is 12.9. The molecule has 1 N–H and O–H groups in total. The van der Waals surface area contributed by atoms with Gasteiger partial charge < -0.3 is 9.73 Å². The van der Waals surface area contributed by atoms with Crippen LogP contribution in [0.4, 0.5) is 5.69 Å². The lowest BCUT2D eigenvalue weighted by molar-refractivity contribution is -0.384. The van der Waals surface area contributed by atoms with Gasteiger partial charge in [-0.15, -0.1) is 11.3 Å². The Labute approximate surface area is 158 Å². The van der Waals surface area contributed by atoms with E-state index in [0.717, 1.165) is 11.3 Å². The van der Waals surface area contributed by atoms with Crippen LogP contribution in [0.3, 0.4) is 0 Å². The van der Waals surface area contributed by atoms with Crippen molar-refractivity contribution in [2.45, 2.75) is 9.46 Å². The maximum absolute atomic E-state index is 12.9. The number of non-ortho nitro benzene ring substituents is 1. The molecule has 2 heterocycles. The van der Waals surface area contributed by atoms with Crippen LogP contribution in [-0.2, 0) is 9.84 Å². The quantitative estimate of drug-likeness (QED) is 0.475. The second-order valence-corrected chi connectivity index (χ2v) is 8.80. The zero-order chi connectivity index (χ0) is 19.4. The minimum Gasteiger partial charge on any atom is -0.468 e. The lowest BCUT2D eigenvalue weighted by atomic mass is 10.2. The standard InChI is InChI=1S/C17H14N2O6S2/c20-17(12-5-7-13(8-6-12)19(21)22)18-11-15(14-3-1-9-25-14)27(23,24)16-4-2-10-26-16/h1-10,15H,11H2,(H,18,20)/t15-/m1/s1. The van der Waals surface area contributed by atoms with Crippen molar-refractivity contribution in [1.82, 2.24) is 5.32 Å². The number of thiophene rings is 1. The van der Waals surface area contributed by atoms with Crippen molar-refractivity contribution in [3.05, 3.63) is 81.6 Å². The van der Waals surface area contributed by atoms with E-state index in [9.17, 15) is 23.3 Å². The Kier molecular flexibility index (Phi) is 5.38. The van der Waals surface area contributed by atoms with Crippen LogP contribution in [-0.4, -0.2) is 25.8 Å². The maximum Gasteiger partial charge on any atom is 0.269 e. The van der Waals surface area contributed by atoms with Gasteiger partial charge in [-0.1, -0.05) is 6.07 Å². The summed E-state index contributed by atoms with van der Waals surface area (Å²) in [5, 5.41) is 13.8. The van der Waals surface area contributed by atoms with Gasteiger partial charge in [-0.3, -0.25) is 14.9 Å². The van der Waals surface area contributed by atoms with E-state index in [0.29, 0.717) is 0 Å². The molecule has 27 heavy (non-hydrogen) atoms. The van der Waals surface area contributed by atoms with Crippen LogP contribution >= 0.6 is 11.3 Å². The number of rotatable bonds is 7. The van der Waals surface area contributed by atoms with Crippen molar-refractivity contribution in [2.75, 3.05) is 6.54 Å². The first-order valence-electron chi connectivity index (χ1n) is 7.73. The summed E-state index contributed by atoms with van der Waals surface area (Å²) in [6.45, 7) is -0.205. The molecule has 0 spiro atoms. The third-order valence-electron chi connectivity index (χ3n) is 3.80. The largest absolute Gasteiger partial charge is 0.468 e. The van der Waals surface area contributed by atoms with Gasteiger partial charge >= 0.3 is 0 Å². The predicted octanol–water partition coefficient (Wildman–Crippen LogP) is 3.19. The number of amides is 1. The number of benzene rings is 1. The highest BCUT2D eigenvalue weighted by Gasteiger charge is 2.32. The second-order valence-electron chi connectivity index (χ2n) is 5.50. The van der Waals surface area contributed by atoms with Gasteiger partial charge in [-0.05, 0) is 35.7 Å². The SMILES string of the molecule is O=C(NC[C@H](c1ccco1)S(=O)(=O)c1cccs1)c1ccc([N+](=O)[O-])cc1. The minimum atomic E-state index is -3.76. The lowest BCUT2D eigenvalue weighted by Crippen LogP contribution is -2.31. The third kappa shape index (κ3) is 4.07. The van der Waals surface area contributed by atoms with Gasteiger partial charge in [0.15, 0.2) is 9.84 Å². The van der Waals surface area contributed by atoms with Crippen LogP contribution in [0.15, 0.2) is 68.8 Å². The van der Waals surface area contributed by atoms with E-state index in [1.54, 1.807) is 17.5 Å². The van der Waals surface area contributed by atoms with E-state index in [4.69, 9.17) is 4.42 Å². The first-order valence-corrected chi connectivity index (χ1v) is 10.2. The summed E-state index contributed by atoms with van der Waals surface area (Å²) in [5.74, 6) is -0.324. The molecule has 0 unspecified atom stereocenters. The summed E-state index contributed by atoms with van der Waals surface area (Å²) in [4.78, 5) is 22.4. The van der Waals surface area contributed by atoms with Crippen LogP contribution in [0.1, 0.15) is 21.4 Å². The molecule has 2 aromatic heterocycles. The monoisotopic (exact) mass is 406 g/mol. The predicted molar refractivity (Wildman–Crippen MR) is 98.4 cm³/mol. The zero-order valence-corrected chi connectivity index (χ0v) is 15.4. The number of nitro benzene ring substituents is 1. The molecule has 1 atom stereocenters. The molecule has 1 aromatic carbocycles. The van der Waals surface area contributed by atoms with Gasteiger partial charge in [-0.2, -0.15) is 0 Å². The molecule has 0 aliphatic carbocycles. The smallest absolute Gasteiger partial charge is 0.269 e. The Balaban J connectivity index is 1.79. The van der Waals surface area contributed by atoms with Crippen molar-refractivity contribution in [3.63, 3.8) is 0 Å². The van der Waals surface area contributed by atoms with Crippen molar-refractivity contribution >= 4 is 32.8 Å². The summed E-state index contributed by atoms with van der Waals surface area (Å²) in [6.07, 6.45) is 1.37. The van der Waals surface area contributed by atoms with Gasteiger partial charge in [0.1, 0.15) is 15.2 Å². The molecule has 140 valence electrons. The number of furan rings is 1. The van der Waals surface area contributed by atoms with Crippen molar-refractivity contribution in [2.24, 2.45) is 0 Å². The molecular formula is C17H14N2O6S2. The summed E-state index contributed by atoms with van der Waals surface area (Å²) in [5.41, 5.74) is 0.0487. The molecule has 3 aromatic rings. The molecule has 0 radical (unpaired) electrons. The van der Waals surface area contributed by atoms with Crippen LogP contribution in [0.2, 0.25) is 0 Å². The number of hydrogen-bond acceptors (Lipinski definition) is 7. The third-order valence-corrected chi connectivity index (χ3v) is 7.29. The number of sulfone groups is 1. The average molecular weight is 406 g/mol. The Hall–Kier alpha value is -2.98. The van der Waals surface area contributed by atoms with Crippen LogP contribution in [0.5, 0.6) is 0 Å². The average Bonchev–Trinajstić information content (AvgIpc) is 3.36. The van der Waals surface area contributed by atoms with E-state index in [-0.39, 0.29) is 27.8 Å². The number of nitrogens with one attached hydrogen (secondary N) is 1. The Morgan fingerprint density at radius 3 is 2.48 bits per heavy atom. The maximum atomic E-state index is 12.9. The van der Waals surface area contributed by atoms with Crippen LogP contribution < -0.4 is 5.32 Å². The molecule has 0 fully saturated rings. The molecular weight excluding hydrogens is 392 g/mol. The molecule has 8 nitrogen and oxygen atoms in total. The zero-order valence-electron chi connectivity index (χ0n) is 13.8. The molecule has 0 saturated heterocycles. The van der Waals surface area contributed by atoms with E-state index in [1.165, 1.54) is 42.7 Å². The molecule has 0 bridgehead atoms. The highest BCUT2D eigenvalue weighted by atomic mass is 32.2. The fourth-order valence-electron chi connectivity index (χ4n) is 2.43. The number of carbonyl (C=O) groups is 1. The normalized spacial score (nSPS) is 12.4. The lowest BCUT2D eigenvalue weighted by Gasteiger charge is -2.15. The fourth-order valence-corrected chi connectivity index (χ4v) is 5.22. The van der Waals surface area contributed by atoms with Gasteiger partial charge in [-0.25, -0.2) is 8.42 Å². The Morgan fingerprint density at radius 2 is 1.93 bits per heavy atom. The van der Waals surface area contributed by atoms with E-state index in [2.05, 4.69) is 5.32 Å². The summed E-state index contributed by atoms with van der Waals surface area (Å²) >= 11 is 1.08. The number of nitrogens with zero attached hydrogens (tertiary/aromatic N) is 1. The van der Waals surface area contributed by atoms with Gasteiger partial charge in [0.2, 0.25) is 0 Å². The minimum absolute atomic E-state index is 0.139. The van der Waals surface area contributed by atoms with Gasteiger partial charge in [0, 0.05) is 24.2 Å². The van der Waals surface area contributed by atoms with E-state index < -0.39 is 25.9 Å². The summed E-state index contributed by atoms with van der Waals surface area (Å²) < 4.78 is 31.2. The van der Waals surface area contributed by atoms with E-state index >= 15 is 0 Å². The topological polar surface area (TPSA) is 120 Å². The molecule has 0 saturated carbocycles. The van der Waals surface area contributed by atoms with Crippen LogP contribution in [0.25, 0.3) is 0 Å². The van der Waals surface area contributed by atoms with Crippen LogP contribution in [0, 0.1) is 10.1 Å². The highest BCUT2D eigenvalue weighted by molar-refractivity contribution is 7.93. The molecule has 3 rings (SSSR count). The molecule has 1 amide bonds. The number of hydrogen-bond donors (Lipinski definition) is 1. The fraction of sp³-hybridized carbons (Fsp3) is 0.118. The molecule has 0 aliphatic rings. The number of carbonyl (C=O) groups excluding carboxylic acids is 1. The first kappa shape index (κ1) is 18.8. The number of nitro groups is 1. The Bertz CT molecular complexity index is 1030. The van der Waals surface area contributed by atoms with Crippen molar-refractivity contribution in [3.8, 4) is 0 Å². The highest BCUT2D eigenvalue weighted by Crippen LogP contribution is 2.31. The summed E-state index contributed by atoms with van der Waals surface area (Å²) in [6, 6.07) is 11.3. The van der Waals surface area contributed by atoms with E-state index in [1.807, 2.05) is 0 Å². The summed E-state index contributed by atoms with van der Waals surface area (Å²) in [7, 11) is -3.76. The Morgan fingerprint density at radius 1 is 1.19 bits per heavy atom. The van der Waals surface area contributed by atoms with Crippen molar-refractivity contribution < 1.29 is 22.6 Å².